The molecule has 0 unspecified atom stereocenters. The maximum absolute atomic E-state index is 12.6. The highest BCUT2D eigenvalue weighted by molar-refractivity contribution is 7.92. The Labute approximate surface area is 156 Å². The van der Waals surface area contributed by atoms with E-state index < -0.39 is 15.1 Å². The molecule has 0 bridgehead atoms. The molecule has 1 fully saturated rings. The van der Waals surface area contributed by atoms with E-state index in [-0.39, 0.29) is 28.9 Å². The molecule has 1 aliphatic rings. The minimum Gasteiger partial charge on any atom is -0.497 e. The van der Waals surface area contributed by atoms with Crippen LogP contribution in [-0.2, 0) is 9.84 Å². The Balaban J connectivity index is 1.71. The third-order valence-corrected chi connectivity index (χ3v) is 6.78. The van der Waals surface area contributed by atoms with Crippen molar-refractivity contribution >= 4 is 38.9 Å². The van der Waals surface area contributed by atoms with E-state index in [0.29, 0.717) is 16.3 Å². The summed E-state index contributed by atoms with van der Waals surface area (Å²) in [7, 11) is -1.98. The van der Waals surface area contributed by atoms with Gasteiger partial charge in [0.25, 0.3) is 5.91 Å². The Morgan fingerprint density at radius 1 is 1.12 bits per heavy atom. The zero-order valence-corrected chi connectivity index (χ0v) is 15.6. The van der Waals surface area contributed by atoms with Crippen molar-refractivity contribution in [3.63, 3.8) is 0 Å². The summed E-state index contributed by atoms with van der Waals surface area (Å²) in [6, 6.07) is 10.8. The van der Waals surface area contributed by atoms with E-state index >= 15 is 0 Å². The van der Waals surface area contributed by atoms with Crippen molar-refractivity contribution in [2.75, 3.05) is 20.2 Å². The van der Waals surface area contributed by atoms with E-state index in [1.165, 1.54) is 36.3 Å². The number of ether oxygens (including phenoxy) is 1. The van der Waals surface area contributed by atoms with Gasteiger partial charge in [-0.05, 0) is 42.5 Å². The monoisotopic (exact) mass is 399 g/mol. The van der Waals surface area contributed by atoms with Crippen LogP contribution in [0.4, 0.5) is 0 Å². The second kappa shape index (κ2) is 6.86. The molecule has 1 amide bonds. The van der Waals surface area contributed by atoms with Gasteiger partial charge in [-0.2, -0.15) is 0 Å². The number of halogens is 2. The Hall–Kier alpha value is -1.76. The van der Waals surface area contributed by atoms with Gasteiger partial charge in [-0.25, -0.2) is 8.42 Å². The number of amides is 1. The van der Waals surface area contributed by atoms with Crippen LogP contribution in [0.5, 0.6) is 5.75 Å². The van der Waals surface area contributed by atoms with Gasteiger partial charge >= 0.3 is 0 Å². The number of sulfone groups is 1. The molecular weight excluding hydrogens is 385 g/mol. The molecule has 0 N–H and O–H groups in total. The zero-order valence-electron chi connectivity index (χ0n) is 13.3. The molecule has 2 aromatic rings. The summed E-state index contributed by atoms with van der Waals surface area (Å²) < 4.78 is 30.2. The standard InChI is InChI=1S/C17H15Cl2NO4S/c1-24-12-3-5-13(6-4-12)25(22,23)14-9-20(10-14)17(21)15-7-2-11(18)8-16(15)19/h2-8,14H,9-10H2,1H3. The number of carbonyl (C=O) groups is 1. The molecule has 5 nitrogen and oxygen atoms in total. The highest BCUT2D eigenvalue weighted by Crippen LogP contribution is 2.28. The third-order valence-electron chi connectivity index (χ3n) is 4.12. The second-order valence-electron chi connectivity index (χ2n) is 5.68. The summed E-state index contributed by atoms with van der Waals surface area (Å²) in [5, 5.41) is 0.0556. The lowest BCUT2D eigenvalue weighted by molar-refractivity contribution is 0.0659. The Bertz CT molecular complexity index is 907. The van der Waals surface area contributed by atoms with Gasteiger partial charge in [0.1, 0.15) is 11.0 Å². The Morgan fingerprint density at radius 3 is 2.32 bits per heavy atom. The number of hydrogen-bond acceptors (Lipinski definition) is 4. The van der Waals surface area contributed by atoms with E-state index in [1.54, 1.807) is 18.2 Å². The minimum absolute atomic E-state index is 0.131. The van der Waals surface area contributed by atoms with Gasteiger partial charge in [-0.1, -0.05) is 23.2 Å². The lowest BCUT2D eigenvalue weighted by Gasteiger charge is -2.38. The first-order valence-corrected chi connectivity index (χ1v) is 9.75. The van der Waals surface area contributed by atoms with Crippen LogP contribution < -0.4 is 4.74 Å². The summed E-state index contributed by atoms with van der Waals surface area (Å²) in [4.78, 5) is 14.1. The number of benzene rings is 2. The molecule has 1 saturated heterocycles. The maximum atomic E-state index is 12.6. The van der Waals surface area contributed by atoms with Crippen molar-refractivity contribution in [2.45, 2.75) is 10.1 Å². The van der Waals surface area contributed by atoms with Crippen LogP contribution in [0.1, 0.15) is 10.4 Å². The van der Waals surface area contributed by atoms with Gasteiger partial charge < -0.3 is 9.64 Å². The van der Waals surface area contributed by atoms with E-state index in [9.17, 15) is 13.2 Å². The van der Waals surface area contributed by atoms with Gasteiger partial charge in [0, 0.05) is 18.1 Å². The first-order valence-electron chi connectivity index (χ1n) is 7.45. The average Bonchev–Trinajstić information content (AvgIpc) is 2.53. The molecule has 8 heteroatoms. The fraction of sp³-hybridized carbons (Fsp3) is 0.235. The number of hydrogen-bond donors (Lipinski definition) is 0. The first-order chi connectivity index (χ1) is 11.8. The summed E-state index contributed by atoms with van der Waals surface area (Å²) in [6.45, 7) is 0.262. The first kappa shape index (κ1) is 18.0. The van der Waals surface area contributed by atoms with E-state index in [1.807, 2.05) is 0 Å². The maximum Gasteiger partial charge on any atom is 0.255 e. The average molecular weight is 400 g/mol. The molecule has 3 rings (SSSR count). The predicted octanol–water partition coefficient (Wildman–Crippen LogP) is 3.30. The van der Waals surface area contributed by atoms with Gasteiger partial charge in [0.2, 0.25) is 0 Å². The third kappa shape index (κ3) is 3.47. The Kier molecular flexibility index (Phi) is 4.95. The predicted molar refractivity (Wildman–Crippen MR) is 96.3 cm³/mol. The van der Waals surface area contributed by atoms with Crippen LogP contribution in [0, 0.1) is 0 Å². The van der Waals surface area contributed by atoms with Crippen LogP contribution in [0.15, 0.2) is 47.4 Å². The summed E-state index contributed by atoms with van der Waals surface area (Å²) in [5.74, 6) is 0.282. The molecular formula is C17H15Cl2NO4S. The molecule has 0 radical (unpaired) electrons. The molecule has 0 aliphatic carbocycles. The SMILES string of the molecule is COc1ccc(S(=O)(=O)C2CN(C(=O)c3ccc(Cl)cc3Cl)C2)cc1. The van der Waals surface area contributed by atoms with Gasteiger partial charge in [0.05, 0.1) is 22.6 Å². The van der Waals surface area contributed by atoms with Gasteiger partial charge in [-0.3, -0.25) is 4.79 Å². The molecule has 0 atom stereocenters. The number of likely N-dealkylation sites (tertiary alicyclic amines) is 1. The smallest absolute Gasteiger partial charge is 0.255 e. The van der Waals surface area contributed by atoms with E-state index in [4.69, 9.17) is 27.9 Å². The molecule has 0 spiro atoms. The van der Waals surface area contributed by atoms with E-state index in [0.717, 1.165) is 0 Å². The molecule has 2 aromatic carbocycles. The fourth-order valence-corrected chi connectivity index (χ4v) is 4.73. The summed E-state index contributed by atoms with van der Waals surface area (Å²) in [5.41, 5.74) is 0.311. The summed E-state index contributed by atoms with van der Waals surface area (Å²) >= 11 is 11.9. The van der Waals surface area contributed by atoms with Crippen molar-refractivity contribution in [1.29, 1.82) is 0 Å². The van der Waals surface area contributed by atoms with Crippen LogP contribution >= 0.6 is 23.2 Å². The van der Waals surface area contributed by atoms with Crippen molar-refractivity contribution in [1.82, 2.24) is 4.90 Å². The van der Waals surface area contributed by atoms with Crippen LogP contribution in [0.25, 0.3) is 0 Å². The minimum atomic E-state index is -3.50. The van der Waals surface area contributed by atoms with Crippen LogP contribution in [0.2, 0.25) is 10.0 Å². The van der Waals surface area contributed by atoms with Gasteiger partial charge in [0.15, 0.2) is 9.84 Å². The highest BCUT2D eigenvalue weighted by Gasteiger charge is 2.41. The highest BCUT2D eigenvalue weighted by atomic mass is 35.5. The van der Waals surface area contributed by atoms with E-state index in [2.05, 4.69) is 0 Å². The van der Waals surface area contributed by atoms with Crippen molar-refractivity contribution < 1.29 is 17.9 Å². The largest absolute Gasteiger partial charge is 0.497 e. The lowest BCUT2D eigenvalue weighted by Crippen LogP contribution is -2.56. The Morgan fingerprint density at radius 2 is 1.76 bits per heavy atom. The number of carbonyl (C=O) groups excluding carboxylic acids is 1. The number of methoxy groups -OCH3 is 1. The molecule has 1 heterocycles. The van der Waals surface area contributed by atoms with Crippen LogP contribution in [-0.4, -0.2) is 44.7 Å². The second-order valence-corrected chi connectivity index (χ2v) is 8.75. The van der Waals surface area contributed by atoms with Crippen LogP contribution in [0.3, 0.4) is 0 Å². The van der Waals surface area contributed by atoms with Crippen molar-refractivity contribution in [3.8, 4) is 5.75 Å². The normalized spacial score (nSPS) is 14.9. The lowest BCUT2D eigenvalue weighted by atomic mass is 10.1. The molecule has 25 heavy (non-hydrogen) atoms. The van der Waals surface area contributed by atoms with Crippen molar-refractivity contribution in [3.05, 3.63) is 58.1 Å². The topological polar surface area (TPSA) is 63.7 Å². The molecule has 132 valence electrons. The van der Waals surface area contributed by atoms with Crippen molar-refractivity contribution in [2.24, 2.45) is 0 Å². The summed E-state index contributed by atoms with van der Waals surface area (Å²) in [6.07, 6.45) is 0. The number of rotatable bonds is 4. The fourth-order valence-electron chi connectivity index (χ4n) is 2.59. The van der Waals surface area contributed by atoms with Gasteiger partial charge in [-0.15, -0.1) is 0 Å². The molecule has 0 saturated carbocycles. The zero-order chi connectivity index (χ0) is 18.2. The molecule has 1 aliphatic heterocycles. The quantitative estimate of drug-likeness (QED) is 0.790. The number of nitrogens with zero attached hydrogens (tertiary/aromatic N) is 1. The molecule has 0 aromatic heterocycles.